The molecule has 0 bridgehead atoms. The topological polar surface area (TPSA) is 66.5 Å². The number of nitrogens with one attached hydrogen (secondary N) is 1. The standard InChI is InChI=1S/C18H17F3N2O3S/c19-18(20,21)14-5-3-4-13(12-14)17(24)22-15-6-8-16(9-7-15)23-10-1-2-11-27(23,25)26/h3-9,12H,1-2,10-11H2,(H,22,24). The van der Waals surface area contributed by atoms with Gasteiger partial charge in [-0.1, -0.05) is 6.07 Å². The zero-order valence-corrected chi connectivity index (χ0v) is 15.0. The largest absolute Gasteiger partial charge is 0.416 e. The normalized spacial score (nSPS) is 16.8. The van der Waals surface area contributed by atoms with E-state index in [0.717, 1.165) is 18.6 Å². The van der Waals surface area contributed by atoms with Crippen molar-refractivity contribution < 1.29 is 26.4 Å². The van der Waals surface area contributed by atoms with E-state index in [-0.39, 0.29) is 11.3 Å². The van der Waals surface area contributed by atoms with Gasteiger partial charge in [0.05, 0.1) is 17.0 Å². The van der Waals surface area contributed by atoms with Crippen molar-refractivity contribution in [1.82, 2.24) is 0 Å². The Morgan fingerprint density at radius 1 is 1.04 bits per heavy atom. The van der Waals surface area contributed by atoms with Crippen molar-refractivity contribution >= 4 is 27.3 Å². The Kier molecular flexibility index (Phi) is 5.14. The molecule has 1 amide bonds. The molecule has 5 nitrogen and oxygen atoms in total. The molecule has 1 heterocycles. The molecule has 0 aromatic heterocycles. The van der Waals surface area contributed by atoms with Crippen molar-refractivity contribution in [1.29, 1.82) is 0 Å². The van der Waals surface area contributed by atoms with E-state index in [1.54, 1.807) is 12.1 Å². The summed E-state index contributed by atoms with van der Waals surface area (Å²) >= 11 is 0. The summed E-state index contributed by atoms with van der Waals surface area (Å²) in [6.07, 6.45) is -3.13. The van der Waals surface area contributed by atoms with Crippen LogP contribution in [-0.4, -0.2) is 26.6 Å². The Bertz CT molecular complexity index is 941. The SMILES string of the molecule is O=C(Nc1ccc(N2CCCCS2(=O)=O)cc1)c1cccc(C(F)(F)F)c1. The van der Waals surface area contributed by atoms with Crippen LogP contribution in [-0.2, 0) is 16.2 Å². The Hall–Kier alpha value is -2.55. The second kappa shape index (κ2) is 7.22. The zero-order valence-electron chi connectivity index (χ0n) is 14.2. The predicted octanol–water partition coefficient (Wildman–Crippen LogP) is 3.89. The first-order valence-electron chi connectivity index (χ1n) is 8.26. The van der Waals surface area contributed by atoms with E-state index in [9.17, 15) is 26.4 Å². The molecule has 2 aromatic rings. The minimum Gasteiger partial charge on any atom is -0.322 e. The van der Waals surface area contributed by atoms with Crippen LogP contribution in [0.4, 0.5) is 24.5 Å². The van der Waals surface area contributed by atoms with Crippen LogP contribution >= 0.6 is 0 Å². The minimum absolute atomic E-state index is 0.0982. The third kappa shape index (κ3) is 4.41. The van der Waals surface area contributed by atoms with Crippen LogP contribution in [0.15, 0.2) is 48.5 Å². The third-order valence-corrected chi connectivity index (χ3v) is 6.08. The first kappa shape index (κ1) is 19.2. The van der Waals surface area contributed by atoms with Gasteiger partial charge in [-0.05, 0) is 55.3 Å². The van der Waals surface area contributed by atoms with Crippen molar-refractivity contribution in [2.24, 2.45) is 0 Å². The van der Waals surface area contributed by atoms with Gasteiger partial charge in [-0.25, -0.2) is 8.42 Å². The van der Waals surface area contributed by atoms with Crippen molar-refractivity contribution in [3.05, 3.63) is 59.7 Å². The van der Waals surface area contributed by atoms with Gasteiger partial charge in [0.2, 0.25) is 10.0 Å². The van der Waals surface area contributed by atoms with E-state index in [0.29, 0.717) is 24.3 Å². The van der Waals surface area contributed by atoms with Crippen molar-refractivity contribution in [3.63, 3.8) is 0 Å². The van der Waals surface area contributed by atoms with Crippen LogP contribution in [0.5, 0.6) is 0 Å². The van der Waals surface area contributed by atoms with E-state index in [2.05, 4.69) is 5.32 Å². The lowest BCUT2D eigenvalue weighted by Crippen LogP contribution is -2.37. The lowest BCUT2D eigenvalue weighted by molar-refractivity contribution is -0.137. The van der Waals surface area contributed by atoms with Crippen LogP contribution < -0.4 is 9.62 Å². The monoisotopic (exact) mass is 398 g/mol. The molecular weight excluding hydrogens is 381 g/mol. The fraction of sp³-hybridized carbons (Fsp3) is 0.278. The number of anilines is 2. The van der Waals surface area contributed by atoms with E-state index in [4.69, 9.17) is 0 Å². The van der Waals surface area contributed by atoms with Crippen LogP contribution in [0.1, 0.15) is 28.8 Å². The highest BCUT2D eigenvalue weighted by atomic mass is 32.2. The summed E-state index contributed by atoms with van der Waals surface area (Å²) < 4.78 is 63.8. The first-order valence-corrected chi connectivity index (χ1v) is 9.87. The van der Waals surface area contributed by atoms with Crippen LogP contribution in [0.2, 0.25) is 0 Å². The minimum atomic E-state index is -4.53. The molecule has 0 spiro atoms. The average Bonchev–Trinajstić information content (AvgIpc) is 2.62. The Morgan fingerprint density at radius 3 is 2.37 bits per heavy atom. The summed E-state index contributed by atoms with van der Waals surface area (Å²) in [5.41, 5.74) is -0.171. The summed E-state index contributed by atoms with van der Waals surface area (Å²) in [5, 5.41) is 2.51. The number of amides is 1. The Morgan fingerprint density at radius 2 is 1.74 bits per heavy atom. The van der Waals surface area contributed by atoms with Crippen molar-refractivity contribution in [2.45, 2.75) is 19.0 Å². The molecule has 0 unspecified atom stereocenters. The van der Waals surface area contributed by atoms with E-state index in [1.165, 1.54) is 28.6 Å². The van der Waals surface area contributed by atoms with Crippen molar-refractivity contribution in [2.75, 3.05) is 21.9 Å². The molecule has 2 aromatic carbocycles. The maximum absolute atomic E-state index is 12.8. The second-order valence-electron chi connectivity index (χ2n) is 6.17. The Balaban J connectivity index is 1.74. The number of nitrogens with zero attached hydrogens (tertiary/aromatic N) is 1. The molecule has 3 rings (SSSR count). The quantitative estimate of drug-likeness (QED) is 0.853. The molecule has 1 saturated heterocycles. The molecule has 1 fully saturated rings. The number of hydrogen-bond donors (Lipinski definition) is 1. The number of alkyl halides is 3. The van der Waals surface area contributed by atoms with E-state index in [1.807, 2.05) is 0 Å². The summed E-state index contributed by atoms with van der Waals surface area (Å²) in [6.45, 7) is 0.401. The molecule has 1 N–H and O–H groups in total. The molecule has 0 radical (unpaired) electrons. The van der Waals surface area contributed by atoms with Gasteiger partial charge < -0.3 is 5.32 Å². The second-order valence-corrected chi connectivity index (χ2v) is 8.19. The third-order valence-electron chi connectivity index (χ3n) is 4.21. The molecular formula is C18H17F3N2O3S. The van der Waals surface area contributed by atoms with Gasteiger partial charge in [-0.3, -0.25) is 9.10 Å². The average molecular weight is 398 g/mol. The van der Waals surface area contributed by atoms with Crippen LogP contribution in [0.3, 0.4) is 0 Å². The van der Waals surface area contributed by atoms with Gasteiger partial charge in [0.15, 0.2) is 0 Å². The maximum atomic E-state index is 12.8. The van der Waals surface area contributed by atoms with Crippen LogP contribution in [0.25, 0.3) is 0 Å². The Labute approximate surface area is 154 Å². The zero-order chi connectivity index (χ0) is 19.7. The first-order chi connectivity index (χ1) is 12.7. The fourth-order valence-electron chi connectivity index (χ4n) is 2.83. The van der Waals surface area contributed by atoms with Gasteiger partial charge in [-0.15, -0.1) is 0 Å². The van der Waals surface area contributed by atoms with E-state index >= 15 is 0 Å². The molecule has 9 heteroatoms. The molecule has 1 aliphatic rings. The highest BCUT2D eigenvalue weighted by molar-refractivity contribution is 7.92. The van der Waals surface area contributed by atoms with Gasteiger partial charge in [0.25, 0.3) is 5.91 Å². The maximum Gasteiger partial charge on any atom is 0.416 e. The van der Waals surface area contributed by atoms with Gasteiger partial charge in [0.1, 0.15) is 0 Å². The number of carbonyl (C=O) groups is 1. The number of hydrogen-bond acceptors (Lipinski definition) is 3. The highest BCUT2D eigenvalue weighted by Gasteiger charge is 2.31. The lowest BCUT2D eigenvalue weighted by Gasteiger charge is -2.28. The molecule has 0 atom stereocenters. The highest BCUT2D eigenvalue weighted by Crippen LogP contribution is 2.30. The fourth-order valence-corrected chi connectivity index (χ4v) is 4.47. The summed E-state index contributed by atoms with van der Waals surface area (Å²) in [6, 6.07) is 10.3. The van der Waals surface area contributed by atoms with Gasteiger partial charge >= 0.3 is 6.18 Å². The molecule has 0 saturated carbocycles. The van der Waals surface area contributed by atoms with Gasteiger partial charge in [0, 0.05) is 17.8 Å². The smallest absolute Gasteiger partial charge is 0.322 e. The van der Waals surface area contributed by atoms with Gasteiger partial charge in [-0.2, -0.15) is 13.2 Å². The summed E-state index contributed by atoms with van der Waals surface area (Å²) in [5.74, 6) is -0.583. The summed E-state index contributed by atoms with van der Waals surface area (Å²) in [4.78, 5) is 12.2. The lowest BCUT2D eigenvalue weighted by atomic mass is 10.1. The van der Waals surface area contributed by atoms with Crippen LogP contribution in [0, 0.1) is 0 Å². The number of benzene rings is 2. The molecule has 144 valence electrons. The van der Waals surface area contributed by atoms with Crippen molar-refractivity contribution in [3.8, 4) is 0 Å². The number of rotatable bonds is 3. The molecule has 1 aliphatic heterocycles. The molecule has 0 aliphatic carbocycles. The predicted molar refractivity (Wildman–Crippen MR) is 96.2 cm³/mol. The number of carbonyl (C=O) groups excluding carboxylic acids is 1. The number of halogens is 3. The molecule has 27 heavy (non-hydrogen) atoms. The summed E-state index contributed by atoms with van der Waals surface area (Å²) in [7, 11) is -3.33. The number of sulfonamides is 1. The van der Waals surface area contributed by atoms with E-state index < -0.39 is 27.7 Å².